The fraction of sp³-hybridized carbons (Fsp3) is 0.0189. The van der Waals surface area contributed by atoms with Gasteiger partial charge in [-0.05, 0) is 75.3 Å². The van der Waals surface area contributed by atoms with Crippen LogP contribution in [0.25, 0.3) is 59.5 Å². The number of nitrogens with zero attached hydrogens (tertiary/aromatic N) is 1. The minimum Gasteiger partial charge on any atom is -0.448 e. The van der Waals surface area contributed by atoms with E-state index >= 15 is 0 Å². The minimum absolute atomic E-state index is 0.0136. The first-order chi connectivity index (χ1) is 28.3. The highest BCUT2D eigenvalue weighted by atomic mass is 32.1. The van der Waals surface area contributed by atoms with E-state index < -0.39 is 0 Å². The van der Waals surface area contributed by atoms with Crippen LogP contribution in [0, 0.1) is 0 Å². The molecule has 0 radical (unpaired) electrons. The van der Waals surface area contributed by atoms with E-state index in [1.165, 1.54) is 49.6 Å². The first kappa shape index (κ1) is 33.2. The highest BCUT2D eigenvalue weighted by Gasteiger charge is 2.30. The molecule has 0 saturated heterocycles. The molecular weight excluding hydrogens is 715 g/mol. The number of hydrogen-bond donors (Lipinski definition) is 0. The maximum atomic E-state index is 6.61. The molecule has 11 rings (SSSR count). The highest BCUT2D eigenvalue weighted by Crippen LogP contribution is 2.58. The number of hydrogen-bond acceptors (Lipinski definition) is 3. The molecule has 1 aliphatic rings. The molecule has 0 bridgehead atoms. The largest absolute Gasteiger partial charge is 0.448 e. The molecule has 1 atom stereocenters. The van der Waals surface area contributed by atoms with E-state index in [1.807, 2.05) is 30.3 Å². The van der Waals surface area contributed by atoms with Crippen molar-refractivity contribution in [2.45, 2.75) is 5.92 Å². The number of thiophene rings is 1. The molecule has 4 heteroatoms. The number of benzene rings is 8. The molecule has 8 aromatic carbocycles. The quantitative estimate of drug-likeness (QED) is 0.152. The topological polar surface area (TPSA) is 23.4 Å². The predicted octanol–water partition coefficient (Wildman–Crippen LogP) is 14.9. The van der Waals surface area contributed by atoms with E-state index in [4.69, 9.17) is 9.47 Å². The van der Waals surface area contributed by atoms with Gasteiger partial charge in [0.15, 0.2) is 23.0 Å². The number of rotatable bonds is 7. The van der Waals surface area contributed by atoms with Crippen LogP contribution in [0.1, 0.15) is 22.6 Å². The second-order valence-electron chi connectivity index (χ2n) is 14.4. The fourth-order valence-corrected chi connectivity index (χ4v) is 9.48. The summed E-state index contributed by atoms with van der Waals surface area (Å²) in [4.78, 5) is 2.10. The second-order valence-corrected chi connectivity index (χ2v) is 15.5. The zero-order chi connectivity index (χ0) is 37.7. The van der Waals surface area contributed by atoms with Crippen LogP contribution in [0.15, 0.2) is 206 Å². The van der Waals surface area contributed by atoms with Crippen LogP contribution < -0.4 is 9.47 Å². The SMILES string of the molecule is c1ccc(-c2ccc(C(c3ccc(-c4sc(-c5ccccc5)c5c4Oc4ccccc4O5)cc3)c3ccc(-n4c5ccccc5c5ccccc54)cc3)cc2)cc1. The van der Waals surface area contributed by atoms with Gasteiger partial charge in [0.2, 0.25) is 0 Å². The van der Waals surface area contributed by atoms with Crippen molar-refractivity contribution in [3.8, 4) is 60.7 Å². The zero-order valence-electron chi connectivity index (χ0n) is 30.9. The molecule has 3 nitrogen and oxygen atoms in total. The predicted molar refractivity (Wildman–Crippen MR) is 235 cm³/mol. The van der Waals surface area contributed by atoms with Gasteiger partial charge in [-0.25, -0.2) is 0 Å². The van der Waals surface area contributed by atoms with Gasteiger partial charge in [0.05, 0.1) is 20.8 Å². The smallest absolute Gasteiger partial charge is 0.189 e. The van der Waals surface area contributed by atoms with Crippen molar-refractivity contribution < 1.29 is 9.47 Å². The Kier molecular flexibility index (Phi) is 8.08. The van der Waals surface area contributed by atoms with Gasteiger partial charge in [-0.15, -0.1) is 11.3 Å². The average molecular weight is 750 g/mol. The van der Waals surface area contributed by atoms with E-state index in [1.54, 1.807) is 11.3 Å². The third-order valence-electron chi connectivity index (χ3n) is 11.1. The van der Waals surface area contributed by atoms with Crippen molar-refractivity contribution in [3.63, 3.8) is 0 Å². The molecule has 0 amide bonds. The van der Waals surface area contributed by atoms with Gasteiger partial charge >= 0.3 is 0 Å². The third kappa shape index (κ3) is 5.81. The lowest BCUT2D eigenvalue weighted by molar-refractivity contribution is 0.364. The zero-order valence-corrected chi connectivity index (χ0v) is 31.7. The maximum Gasteiger partial charge on any atom is 0.189 e. The summed E-state index contributed by atoms with van der Waals surface area (Å²) in [6.07, 6.45) is 0. The summed E-state index contributed by atoms with van der Waals surface area (Å²) in [6.45, 7) is 0. The van der Waals surface area contributed by atoms with Gasteiger partial charge in [0, 0.05) is 22.4 Å². The summed E-state index contributed by atoms with van der Waals surface area (Å²) in [7, 11) is 0. The minimum atomic E-state index is 0.0136. The van der Waals surface area contributed by atoms with Crippen molar-refractivity contribution in [2.75, 3.05) is 0 Å². The van der Waals surface area contributed by atoms with Crippen molar-refractivity contribution in [1.29, 1.82) is 0 Å². The van der Waals surface area contributed by atoms with Crippen LogP contribution in [0.4, 0.5) is 0 Å². The molecule has 3 heterocycles. The first-order valence-corrected chi connectivity index (χ1v) is 20.1. The van der Waals surface area contributed by atoms with Gasteiger partial charge in [-0.2, -0.15) is 0 Å². The number of ether oxygens (including phenoxy) is 2. The Labute approximate surface area is 335 Å². The van der Waals surface area contributed by atoms with Crippen LogP contribution in [-0.2, 0) is 0 Å². The van der Waals surface area contributed by atoms with Gasteiger partial charge < -0.3 is 14.0 Å². The summed E-state index contributed by atoms with van der Waals surface area (Å²) in [5, 5.41) is 2.52. The van der Waals surface area contributed by atoms with E-state index in [0.29, 0.717) is 0 Å². The lowest BCUT2D eigenvalue weighted by Gasteiger charge is -2.21. The molecule has 0 fully saturated rings. The second kappa shape index (κ2) is 13.9. The van der Waals surface area contributed by atoms with E-state index in [9.17, 15) is 0 Å². The van der Waals surface area contributed by atoms with Gasteiger partial charge in [0.25, 0.3) is 0 Å². The molecule has 2 aromatic heterocycles. The van der Waals surface area contributed by atoms with Crippen LogP contribution in [-0.4, -0.2) is 4.57 Å². The molecule has 10 aromatic rings. The Morgan fingerprint density at radius 2 is 0.737 bits per heavy atom. The Bertz CT molecular complexity index is 2980. The van der Waals surface area contributed by atoms with Crippen molar-refractivity contribution in [2.24, 2.45) is 0 Å². The van der Waals surface area contributed by atoms with E-state index in [-0.39, 0.29) is 5.92 Å². The normalized spacial score (nSPS) is 12.4. The average Bonchev–Trinajstić information content (AvgIpc) is 3.83. The Hall–Kier alpha value is -7.14. The van der Waals surface area contributed by atoms with Gasteiger partial charge in [-0.1, -0.05) is 170 Å². The lowest BCUT2D eigenvalue weighted by Crippen LogP contribution is -2.04. The van der Waals surface area contributed by atoms with Gasteiger partial charge in [-0.3, -0.25) is 0 Å². The molecule has 0 aliphatic carbocycles. The molecule has 0 N–H and O–H groups in total. The fourth-order valence-electron chi connectivity index (χ4n) is 8.31. The van der Waals surface area contributed by atoms with Crippen molar-refractivity contribution in [3.05, 3.63) is 223 Å². The summed E-state index contributed by atoms with van der Waals surface area (Å²) >= 11 is 1.71. The lowest BCUT2D eigenvalue weighted by atomic mass is 9.84. The molecule has 57 heavy (non-hydrogen) atoms. The number of para-hydroxylation sites is 4. The molecular formula is C53H35NO2S. The number of aromatic nitrogens is 1. The van der Waals surface area contributed by atoms with Crippen molar-refractivity contribution in [1.82, 2.24) is 4.57 Å². The molecule has 270 valence electrons. The van der Waals surface area contributed by atoms with E-state index in [0.717, 1.165) is 49.6 Å². The summed E-state index contributed by atoms with van der Waals surface area (Å²) in [5.41, 5.74) is 11.8. The Morgan fingerprint density at radius 1 is 0.351 bits per heavy atom. The van der Waals surface area contributed by atoms with Gasteiger partial charge in [0.1, 0.15) is 0 Å². The molecule has 0 spiro atoms. The standard InChI is InChI=1S/C53H35NO2S/c1-3-13-35(14-4-1)36-23-25-37(26-24-36)49(39-31-33-42(34-32-39)54-45-19-9-7-17-43(45)44-18-8-10-20-46(44)54)38-27-29-41(30-28-38)53-51-50(52(57-53)40-15-5-2-6-16-40)55-47-21-11-12-22-48(47)56-51/h1-34,49H. The Balaban J connectivity index is 1.00. The summed E-state index contributed by atoms with van der Waals surface area (Å²) < 4.78 is 15.5. The Morgan fingerprint density at radius 3 is 1.26 bits per heavy atom. The first-order valence-electron chi connectivity index (χ1n) is 19.3. The van der Waals surface area contributed by atoms with Crippen LogP contribution in [0.5, 0.6) is 23.0 Å². The molecule has 0 saturated carbocycles. The summed E-state index contributed by atoms with van der Waals surface area (Å²) in [6, 6.07) is 73.5. The van der Waals surface area contributed by atoms with Crippen LogP contribution >= 0.6 is 11.3 Å². The molecule has 1 unspecified atom stereocenters. The monoisotopic (exact) mass is 749 g/mol. The maximum absolute atomic E-state index is 6.61. The van der Waals surface area contributed by atoms with Crippen LogP contribution in [0.3, 0.4) is 0 Å². The highest BCUT2D eigenvalue weighted by molar-refractivity contribution is 7.19. The number of fused-ring (bicyclic) bond motifs is 5. The third-order valence-corrected chi connectivity index (χ3v) is 12.3. The summed E-state index contributed by atoms with van der Waals surface area (Å²) in [5.74, 6) is 3.00. The van der Waals surface area contributed by atoms with E-state index in [2.05, 4.69) is 180 Å². The van der Waals surface area contributed by atoms with Crippen molar-refractivity contribution >= 4 is 33.1 Å². The van der Waals surface area contributed by atoms with Crippen LogP contribution in [0.2, 0.25) is 0 Å². The molecule has 1 aliphatic heterocycles.